The summed E-state index contributed by atoms with van der Waals surface area (Å²) < 4.78 is 39.3. The second kappa shape index (κ2) is 7.47. The van der Waals surface area contributed by atoms with Crippen molar-refractivity contribution < 1.29 is 18.0 Å². The predicted molar refractivity (Wildman–Crippen MR) is 74.8 cm³/mol. The van der Waals surface area contributed by atoms with Crippen molar-refractivity contribution in [2.75, 3.05) is 13.1 Å². The van der Waals surface area contributed by atoms with Crippen molar-refractivity contribution in [2.45, 2.75) is 63.6 Å². The Bertz CT molecular complexity index is 334. The van der Waals surface area contributed by atoms with E-state index in [1.54, 1.807) is 0 Å². The molecule has 0 spiro atoms. The molecular formula is C15H25F3N2O. The minimum atomic E-state index is -4.33. The van der Waals surface area contributed by atoms with Gasteiger partial charge in [-0.15, -0.1) is 0 Å². The maximum Gasteiger partial charge on any atom is 0.408 e. The lowest BCUT2D eigenvalue weighted by Crippen LogP contribution is -2.49. The minimum absolute atomic E-state index is 0.212. The fourth-order valence-electron chi connectivity index (χ4n) is 3.51. The van der Waals surface area contributed by atoms with Crippen LogP contribution in [0.4, 0.5) is 13.2 Å². The Labute approximate surface area is 124 Å². The summed E-state index contributed by atoms with van der Waals surface area (Å²) in [5.41, 5.74) is 0. The first-order chi connectivity index (χ1) is 9.97. The van der Waals surface area contributed by atoms with E-state index in [-0.39, 0.29) is 6.42 Å². The lowest BCUT2D eigenvalue weighted by atomic mass is 9.92. The average molecular weight is 306 g/mol. The number of piperidine rings is 1. The second-order valence-corrected chi connectivity index (χ2v) is 6.36. The normalized spacial score (nSPS) is 23.2. The van der Waals surface area contributed by atoms with Gasteiger partial charge in [0.25, 0.3) is 0 Å². The lowest BCUT2D eigenvalue weighted by Gasteiger charge is -2.27. The van der Waals surface area contributed by atoms with Crippen LogP contribution < -0.4 is 10.6 Å². The van der Waals surface area contributed by atoms with E-state index in [2.05, 4.69) is 10.6 Å². The van der Waals surface area contributed by atoms with E-state index in [0.717, 1.165) is 38.8 Å². The number of alkyl halides is 3. The van der Waals surface area contributed by atoms with Gasteiger partial charge in [0.15, 0.2) is 0 Å². The molecule has 1 aliphatic carbocycles. The fraction of sp³-hybridized carbons (Fsp3) is 0.933. The Morgan fingerprint density at radius 3 is 2.33 bits per heavy atom. The van der Waals surface area contributed by atoms with E-state index in [9.17, 15) is 18.0 Å². The number of hydrogen-bond donors (Lipinski definition) is 2. The van der Waals surface area contributed by atoms with Crippen LogP contribution in [0.15, 0.2) is 0 Å². The molecule has 21 heavy (non-hydrogen) atoms. The van der Waals surface area contributed by atoms with E-state index in [4.69, 9.17) is 0 Å². The van der Waals surface area contributed by atoms with Crippen molar-refractivity contribution in [1.82, 2.24) is 10.6 Å². The highest BCUT2D eigenvalue weighted by atomic mass is 19.4. The topological polar surface area (TPSA) is 41.1 Å². The Hall–Kier alpha value is -0.780. The molecular weight excluding hydrogens is 281 g/mol. The molecule has 1 atom stereocenters. The van der Waals surface area contributed by atoms with Gasteiger partial charge in [-0.2, -0.15) is 13.2 Å². The van der Waals surface area contributed by atoms with Gasteiger partial charge < -0.3 is 10.6 Å². The Balaban J connectivity index is 1.80. The standard InChI is InChI=1S/C15H25F3N2O/c16-15(17,18)14(12-3-1-2-4-12)20-13(21)6-5-11-7-9-19-10-8-11/h11-12,14,19H,1-10H2,(H,20,21). The summed E-state index contributed by atoms with van der Waals surface area (Å²) in [6.45, 7) is 1.89. The molecule has 3 nitrogen and oxygen atoms in total. The van der Waals surface area contributed by atoms with Crippen LogP contribution in [-0.4, -0.2) is 31.2 Å². The number of nitrogens with one attached hydrogen (secondary N) is 2. The van der Waals surface area contributed by atoms with E-state index < -0.39 is 24.0 Å². The van der Waals surface area contributed by atoms with Crippen molar-refractivity contribution in [1.29, 1.82) is 0 Å². The third kappa shape index (κ3) is 5.16. The lowest BCUT2D eigenvalue weighted by molar-refractivity contribution is -0.172. The van der Waals surface area contributed by atoms with Crippen LogP contribution >= 0.6 is 0 Å². The molecule has 6 heteroatoms. The number of halogens is 3. The van der Waals surface area contributed by atoms with Gasteiger partial charge in [0.1, 0.15) is 6.04 Å². The van der Waals surface area contributed by atoms with Crippen LogP contribution in [0.1, 0.15) is 51.4 Å². The predicted octanol–water partition coefficient (Wildman–Crippen LogP) is 3.00. The number of amides is 1. The van der Waals surface area contributed by atoms with Gasteiger partial charge in [0, 0.05) is 6.42 Å². The molecule has 1 amide bonds. The zero-order chi connectivity index (χ0) is 15.3. The molecule has 0 bridgehead atoms. The molecule has 1 unspecified atom stereocenters. The van der Waals surface area contributed by atoms with Gasteiger partial charge in [-0.05, 0) is 57.0 Å². The molecule has 2 fully saturated rings. The monoisotopic (exact) mass is 306 g/mol. The van der Waals surface area contributed by atoms with Crippen LogP contribution in [0.2, 0.25) is 0 Å². The molecule has 1 aliphatic heterocycles. The highest BCUT2D eigenvalue weighted by Crippen LogP contribution is 2.35. The van der Waals surface area contributed by atoms with Crippen molar-refractivity contribution in [3.63, 3.8) is 0 Å². The highest BCUT2D eigenvalue weighted by Gasteiger charge is 2.46. The molecule has 0 radical (unpaired) electrons. The van der Waals surface area contributed by atoms with Crippen LogP contribution in [0.3, 0.4) is 0 Å². The zero-order valence-corrected chi connectivity index (χ0v) is 12.3. The van der Waals surface area contributed by atoms with Crippen molar-refractivity contribution in [3.05, 3.63) is 0 Å². The molecule has 1 saturated heterocycles. The van der Waals surface area contributed by atoms with Gasteiger partial charge >= 0.3 is 6.18 Å². The molecule has 2 N–H and O–H groups in total. The first-order valence-electron chi connectivity index (χ1n) is 8.03. The molecule has 2 aliphatic rings. The van der Waals surface area contributed by atoms with E-state index >= 15 is 0 Å². The maximum atomic E-state index is 13.1. The van der Waals surface area contributed by atoms with Gasteiger partial charge in [-0.1, -0.05) is 12.8 Å². The number of carbonyl (C=O) groups excluding carboxylic acids is 1. The summed E-state index contributed by atoms with van der Waals surface area (Å²) in [7, 11) is 0. The molecule has 2 rings (SSSR count). The molecule has 122 valence electrons. The zero-order valence-electron chi connectivity index (χ0n) is 12.3. The number of hydrogen-bond acceptors (Lipinski definition) is 2. The van der Waals surface area contributed by atoms with Gasteiger partial charge in [0.05, 0.1) is 0 Å². The molecule has 1 heterocycles. The first-order valence-corrected chi connectivity index (χ1v) is 8.03. The van der Waals surface area contributed by atoms with Crippen LogP contribution in [0.25, 0.3) is 0 Å². The van der Waals surface area contributed by atoms with Gasteiger partial charge in [0.2, 0.25) is 5.91 Å². The summed E-state index contributed by atoms with van der Waals surface area (Å²) in [5, 5.41) is 5.50. The molecule has 0 aromatic carbocycles. The summed E-state index contributed by atoms with van der Waals surface area (Å²) in [6, 6.07) is -1.65. The minimum Gasteiger partial charge on any atom is -0.344 e. The van der Waals surface area contributed by atoms with Gasteiger partial charge in [-0.25, -0.2) is 0 Å². The third-order valence-electron chi connectivity index (χ3n) is 4.78. The van der Waals surface area contributed by atoms with Crippen molar-refractivity contribution >= 4 is 5.91 Å². The molecule has 0 aromatic heterocycles. The van der Waals surface area contributed by atoms with E-state index in [0.29, 0.717) is 25.2 Å². The van der Waals surface area contributed by atoms with E-state index in [1.807, 2.05) is 0 Å². The van der Waals surface area contributed by atoms with E-state index in [1.165, 1.54) is 0 Å². The van der Waals surface area contributed by atoms with Crippen LogP contribution in [0, 0.1) is 11.8 Å². The van der Waals surface area contributed by atoms with Crippen molar-refractivity contribution in [3.8, 4) is 0 Å². The van der Waals surface area contributed by atoms with Crippen molar-refractivity contribution in [2.24, 2.45) is 11.8 Å². The summed E-state index contributed by atoms with van der Waals surface area (Å²) in [6.07, 6.45) is 1.41. The van der Waals surface area contributed by atoms with Gasteiger partial charge in [-0.3, -0.25) is 4.79 Å². The summed E-state index contributed by atoms with van der Waals surface area (Å²) in [5.74, 6) is -0.414. The first kappa shape index (κ1) is 16.6. The van der Waals surface area contributed by atoms with Crippen LogP contribution in [0.5, 0.6) is 0 Å². The molecule has 0 aromatic rings. The fourth-order valence-corrected chi connectivity index (χ4v) is 3.51. The average Bonchev–Trinajstić information content (AvgIpc) is 2.96. The highest BCUT2D eigenvalue weighted by molar-refractivity contribution is 5.76. The summed E-state index contributed by atoms with van der Waals surface area (Å²) >= 11 is 0. The maximum absolute atomic E-state index is 13.1. The van der Waals surface area contributed by atoms with Crippen LogP contribution in [-0.2, 0) is 4.79 Å². The number of carbonyl (C=O) groups is 1. The molecule has 1 saturated carbocycles. The summed E-state index contributed by atoms with van der Waals surface area (Å²) in [4.78, 5) is 11.9. The number of rotatable bonds is 5. The smallest absolute Gasteiger partial charge is 0.344 e. The SMILES string of the molecule is O=C(CCC1CCNCC1)NC(C1CCCC1)C(F)(F)F. The second-order valence-electron chi connectivity index (χ2n) is 6.36. The Morgan fingerprint density at radius 2 is 1.76 bits per heavy atom. The third-order valence-corrected chi connectivity index (χ3v) is 4.78. The largest absolute Gasteiger partial charge is 0.408 e. The quantitative estimate of drug-likeness (QED) is 0.820. The Morgan fingerprint density at radius 1 is 1.14 bits per heavy atom. The Kier molecular flexibility index (Phi) is 5.90.